The van der Waals surface area contributed by atoms with Crippen molar-refractivity contribution in [2.45, 2.75) is 19.9 Å². The minimum Gasteiger partial charge on any atom is -0.459 e. The van der Waals surface area contributed by atoms with Gasteiger partial charge in [-0.3, -0.25) is 9.59 Å². The highest BCUT2D eigenvalue weighted by atomic mass is 16.3. The van der Waals surface area contributed by atoms with Gasteiger partial charge >= 0.3 is 0 Å². The molecule has 3 heterocycles. The maximum Gasteiger partial charge on any atom is 0.291 e. The van der Waals surface area contributed by atoms with Crippen LogP contribution in [0, 0.1) is 25.2 Å². The molecular weight excluding hydrogens is 310 g/mol. The van der Waals surface area contributed by atoms with Crippen molar-refractivity contribution in [3.63, 3.8) is 0 Å². The van der Waals surface area contributed by atoms with Crippen LogP contribution in [0.15, 0.2) is 33.5 Å². The molecule has 0 bridgehead atoms. The van der Waals surface area contributed by atoms with Gasteiger partial charge in [0.2, 0.25) is 0 Å². The van der Waals surface area contributed by atoms with Gasteiger partial charge in [-0.05, 0) is 26.0 Å². The van der Waals surface area contributed by atoms with Crippen molar-refractivity contribution in [3.05, 3.63) is 47.3 Å². The van der Waals surface area contributed by atoms with Crippen LogP contribution >= 0.6 is 0 Å². The average Bonchev–Trinajstić information content (AvgIpc) is 3.21. The lowest BCUT2D eigenvalue weighted by atomic mass is 10.1. The largest absolute Gasteiger partial charge is 0.459 e. The number of furan rings is 2. The Hall–Kier alpha value is -3.01. The number of nitriles is 1. The van der Waals surface area contributed by atoms with Crippen LogP contribution < -0.4 is 0 Å². The smallest absolute Gasteiger partial charge is 0.291 e. The zero-order chi connectivity index (χ0) is 17.3. The lowest BCUT2D eigenvalue weighted by Crippen LogP contribution is -2.56. The lowest BCUT2D eigenvalue weighted by Gasteiger charge is -2.37. The lowest BCUT2D eigenvalue weighted by molar-refractivity contribution is 0.0427. The summed E-state index contributed by atoms with van der Waals surface area (Å²) >= 11 is 0. The first-order chi connectivity index (χ1) is 11.5. The molecule has 0 N–H and O–H groups in total. The van der Waals surface area contributed by atoms with Gasteiger partial charge in [-0.15, -0.1) is 0 Å². The highest BCUT2D eigenvalue weighted by Crippen LogP contribution is 2.20. The second-order valence-electron chi connectivity index (χ2n) is 5.76. The molecule has 1 aliphatic rings. The Morgan fingerprint density at radius 1 is 1.08 bits per heavy atom. The Bertz CT molecular complexity index is 814. The zero-order valence-corrected chi connectivity index (χ0v) is 13.5. The van der Waals surface area contributed by atoms with E-state index in [-0.39, 0.29) is 36.4 Å². The molecule has 0 spiro atoms. The van der Waals surface area contributed by atoms with Crippen molar-refractivity contribution in [1.82, 2.24) is 9.80 Å². The molecule has 2 aromatic heterocycles. The summed E-state index contributed by atoms with van der Waals surface area (Å²) in [6.07, 6.45) is 2.91. The van der Waals surface area contributed by atoms with Crippen LogP contribution in [0.2, 0.25) is 0 Å². The van der Waals surface area contributed by atoms with Gasteiger partial charge < -0.3 is 18.6 Å². The van der Waals surface area contributed by atoms with Crippen LogP contribution in [-0.2, 0) is 0 Å². The number of piperazine rings is 1. The number of carbonyl (C=O) groups is 2. The molecule has 7 nitrogen and oxygen atoms in total. The highest BCUT2D eigenvalue weighted by molar-refractivity contribution is 5.95. The summed E-state index contributed by atoms with van der Waals surface area (Å²) in [6.45, 7) is 4.31. The monoisotopic (exact) mass is 327 g/mol. The second-order valence-corrected chi connectivity index (χ2v) is 5.76. The van der Waals surface area contributed by atoms with Gasteiger partial charge in [0.25, 0.3) is 11.8 Å². The van der Waals surface area contributed by atoms with E-state index in [1.54, 1.807) is 30.9 Å². The third kappa shape index (κ3) is 2.67. The van der Waals surface area contributed by atoms with Crippen LogP contribution in [0.4, 0.5) is 0 Å². The Morgan fingerprint density at radius 3 is 2.17 bits per heavy atom. The van der Waals surface area contributed by atoms with E-state index in [1.165, 1.54) is 17.4 Å². The number of hydrogen-bond acceptors (Lipinski definition) is 5. The van der Waals surface area contributed by atoms with Gasteiger partial charge in [0.1, 0.15) is 6.04 Å². The van der Waals surface area contributed by atoms with Crippen LogP contribution in [0.3, 0.4) is 0 Å². The number of carbonyl (C=O) groups excluding carboxylic acids is 2. The minimum absolute atomic E-state index is 0.140. The van der Waals surface area contributed by atoms with Gasteiger partial charge in [0.15, 0.2) is 11.5 Å². The fraction of sp³-hybridized carbons (Fsp3) is 0.353. The van der Waals surface area contributed by atoms with E-state index in [9.17, 15) is 14.9 Å². The van der Waals surface area contributed by atoms with Crippen LogP contribution in [-0.4, -0.2) is 47.3 Å². The third-order valence-corrected chi connectivity index (χ3v) is 4.19. The van der Waals surface area contributed by atoms with E-state index in [0.29, 0.717) is 6.54 Å². The van der Waals surface area contributed by atoms with Crippen LogP contribution in [0.25, 0.3) is 0 Å². The maximum atomic E-state index is 12.6. The molecule has 0 aliphatic carbocycles. The molecule has 2 aromatic rings. The average molecular weight is 327 g/mol. The highest BCUT2D eigenvalue weighted by Gasteiger charge is 2.35. The first kappa shape index (κ1) is 15.9. The normalized spacial score (nSPS) is 17.6. The summed E-state index contributed by atoms with van der Waals surface area (Å²) in [6, 6.07) is 4.79. The third-order valence-electron chi connectivity index (χ3n) is 4.19. The Labute approximate surface area is 139 Å². The summed E-state index contributed by atoms with van der Waals surface area (Å²) < 4.78 is 10.5. The van der Waals surface area contributed by atoms with Gasteiger partial charge in [0.05, 0.1) is 25.1 Å². The zero-order valence-electron chi connectivity index (χ0n) is 13.5. The number of rotatable bonds is 2. The molecule has 3 rings (SSSR count). The van der Waals surface area contributed by atoms with Crippen molar-refractivity contribution in [3.8, 4) is 6.07 Å². The van der Waals surface area contributed by atoms with E-state index in [0.717, 1.165) is 11.1 Å². The molecule has 1 atom stereocenters. The Balaban J connectivity index is 1.76. The van der Waals surface area contributed by atoms with Crippen molar-refractivity contribution in [2.75, 3.05) is 19.6 Å². The first-order valence-corrected chi connectivity index (χ1v) is 7.61. The number of nitrogens with zero attached hydrogens (tertiary/aromatic N) is 3. The summed E-state index contributed by atoms with van der Waals surface area (Å²) in [5, 5.41) is 9.43. The number of hydrogen-bond donors (Lipinski definition) is 0. The van der Waals surface area contributed by atoms with Crippen molar-refractivity contribution in [2.24, 2.45) is 0 Å². The first-order valence-electron chi connectivity index (χ1n) is 7.61. The quantitative estimate of drug-likeness (QED) is 0.841. The summed E-state index contributed by atoms with van der Waals surface area (Å²) in [4.78, 5) is 28.1. The van der Waals surface area contributed by atoms with E-state index < -0.39 is 6.04 Å². The fourth-order valence-electron chi connectivity index (χ4n) is 2.78. The molecule has 124 valence electrons. The molecule has 7 heteroatoms. The van der Waals surface area contributed by atoms with Gasteiger partial charge in [-0.25, -0.2) is 0 Å². The molecule has 1 aliphatic heterocycles. The van der Waals surface area contributed by atoms with Gasteiger partial charge in [-0.1, -0.05) is 0 Å². The molecule has 0 saturated carbocycles. The molecule has 1 fully saturated rings. The maximum absolute atomic E-state index is 12.6. The SMILES string of the molecule is Cc1ccoc1C(=O)N1CCN(C(=O)c2occc2C)C(C#N)C1. The Kier molecular flexibility index (Phi) is 4.13. The summed E-state index contributed by atoms with van der Waals surface area (Å²) in [7, 11) is 0. The van der Waals surface area contributed by atoms with Crippen LogP contribution in [0.1, 0.15) is 32.2 Å². The second kappa shape index (κ2) is 6.24. The molecule has 2 amide bonds. The van der Waals surface area contributed by atoms with Gasteiger partial charge in [0, 0.05) is 24.2 Å². The number of aryl methyl sites for hydroxylation is 2. The molecule has 24 heavy (non-hydrogen) atoms. The van der Waals surface area contributed by atoms with E-state index in [1.807, 2.05) is 0 Å². The number of amides is 2. The predicted molar refractivity (Wildman–Crippen MR) is 83.2 cm³/mol. The minimum atomic E-state index is -0.727. The summed E-state index contributed by atoms with van der Waals surface area (Å²) in [5.41, 5.74) is 1.47. The summed E-state index contributed by atoms with van der Waals surface area (Å²) in [5.74, 6) is -0.0883. The van der Waals surface area contributed by atoms with E-state index in [2.05, 4.69) is 6.07 Å². The van der Waals surface area contributed by atoms with Crippen molar-refractivity contribution in [1.29, 1.82) is 5.26 Å². The molecular formula is C17H17N3O4. The van der Waals surface area contributed by atoms with Gasteiger partial charge in [-0.2, -0.15) is 5.26 Å². The van der Waals surface area contributed by atoms with E-state index in [4.69, 9.17) is 8.83 Å². The fourth-order valence-corrected chi connectivity index (χ4v) is 2.78. The van der Waals surface area contributed by atoms with E-state index >= 15 is 0 Å². The molecule has 1 saturated heterocycles. The molecule has 0 radical (unpaired) electrons. The topological polar surface area (TPSA) is 90.7 Å². The van der Waals surface area contributed by atoms with Crippen molar-refractivity contribution >= 4 is 11.8 Å². The van der Waals surface area contributed by atoms with Crippen LogP contribution in [0.5, 0.6) is 0 Å². The molecule has 0 aromatic carbocycles. The van der Waals surface area contributed by atoms with Crippen molar-refractivity contribution < 1.29 is 18.4 Å². The predicted octanol–water partition coefficient (Wildman–Crippen LogP) is 1.98. The Morgan fingerprint density at radius 2 is 1.67 bits per heavy atom. The molecule has 1 unspecified atom stereocenters. The standard InChI is InChI=1S/C17H17N3O4/c1-11-3-7-23-14(11)16(21)19-5-6-20(13(9-18)10-19)17(22)15-12(2)4-8-24-15/h3-4,7-8,13H,5-6,10H2,1-2H3.